The van der Waals surface area contributed by atoms with E-state index in [9.17, 15) is 13.2 Å². The first kappa shape index (κ1) is 21.1. The number of methoxy groups -OCH3 is 1. The SMILES string of the molecule is CNS(=O)(=O)c1cc(C(=O)Nc2ccc(OC)cc2)ccc1N1CCN(C)CC1. The zero-order valence-electron chi connectivity index (χ0n) is 16.8. The first-order chi connectivity index (χ1) is 13.8. The number of nitrogens with zero attached hydrogens (tertiary/aromatic N) is 2. The Kier molecular flexibility index (Phi) is 6.41. The van der Waals surface area contributed by atoms with E-state index in [0.717, 1.165) is 26.2 Å². The topological polar surface area (TPSA) is 91.0 Å². The van der Waals surface area contributed by atoms with Crippen molar-refractivity contribution in [1.29, 1.82) is 0 Å². The number of rotatable bonds is 6. The zero-order chi connectivity index (χ0) is 21.0. The monoisotopic (exact) mass is 418 g/mol. The van der Waals surface area contributed by atoms with Crippen molar-refractivity contribution in [2.75, 3.05) is 57.6 Å². The molecule has 0 spiro atoms. The molecule has 1 amide bonds. The van der Waals surface area contributed by atoms with Crippen LogP contribution in [0.1, 0.15) is 10.4 Å². The van der Waals surface area contributed by atoms with Crippen LogP contribution in [0.5, 0.6) is 5.75 Å². The number of anilines is 2. The molecule has 0 bridgehead atoms. The van der Waals surface area contributed by atoms with E-state index in [1.54, 1.807) is 43.5 Å². The number of likely N-dealkylation sites (N-methyl/N-ethyl adjacent to an activating group) is 1. The van der Waals surface area contributed by atoms with Crippen molar-refractivity contribution in [2.45, 2.75) is 4.90 Å². The maximum atomic E-state index is 12.7. The van der Waals surface area contributed by atoms with Gasteiger partial charge < -0.3 is 19.9 Å². The fraction of sp³-hybridized carbons (Fsp3) is 0.350. The van der Waals surface area contributed by atoms with Crippen LogP contribution in [0.2, 0.25) is 0 Å². The van der Waals surface area contributed by atoms with Crippen LogP contribution in [-0.2, 0) is 10.0 Å². The van der Waals surface area contributed by atoms with Gasteiger partial charge in [0, 0.05) is 37.4 Å². The lowest BCUT2D eigenvalue weighted by Gasteiger charge is -2.35. The van der Waals surface area contributed by atoms with Gasteiger partial charge in [0.1, 0.15) is 10.6 Å². The molecule has 1 saturated heterocycles. The van der Waals surface area contributed by atoms with Gasteiger partial charge in [-0.3, -0.25) is 4.79 Å². The van der Waals surface area contributed by atoms with Gasteiger partial charge in [0.2, 0.25) is 10.0 Å². The maximum Gasteiger partial charge on any atom is 0.255 e. The molecule has 2 N–H and O–H groups in total. The van der Waals surface area contributed by atoms with Crippen molar-refractivity contribution in [2.24, 2.45) is 0 Å². The van der Waals surface area contributed by atoms with Gasteiger partial charge in [-0.1, -0.05) is 0 Å². The van der Waals surface area contributed by atoms with Crippen LogP contribution < -0.4 is 19.7 Å². The van der Waals surface area contributed by atoms with Gasteiger partial charge in [-0.2, -0.15) is 0 Å². The molecule has 1 aliphatic rings. The minimum absolute atomic E-state index is 0.104. The standard InChI is InChI=1S/C20H26N4O4S/c1-21-29(26,27)19-14-15(4-9-18(19)24-12-10-23(2)11-13-24)20(25)22-16-5-7-17(28-3)8-6-16/h4-9,14,21H,10-13H2,1-3H3,(H,22,25). The zero-order valence-corrected chi connectivity index (χ0v) is 17.6. The van der Waals surface area contributed by atoms with Crippen LogP contribution in [0, 0.1) is 0 Å². The number of benzene rings is 2. The molecule has 2 aromatic rings. The summed E-state index contributed by atoms with van der Waals surface area (Å²) in [5.74, 6) is 0.301. The number of amides is 1. The molecule has 0 aliphatic carbocycles. The molecule has 0 atom stereocenters. The smallest absolute Gasteiger partial charge is 0.255 e. The molecule has 29 heavy (non-hydrogen) atoms. The van der Waals surface area contributed by atoms with Gasteiger partial charge in [-0.25, -0.2) is 13.1 Å². The summed E-state index contributed by atoms with van der Waals surface area (Å²) in [7, 11) is 1.24. The Labute approximate surface area is 171 Å². The predicted octanol–water partition coefficient (Wildman–Crippen LogP) is 1.61. The maximum absolute atomic E-state index is 12.7. The lowest BCUT2D eigenvalue weighted by Crippen LogP contribution is -2.45. The van der Waals surface area contributed by atoms with Crippen molar-refractivity contribution >= 4 is 27.3 Å². The van der Waals surface area contributed by atoms with Crippen molar-refractivity contribution in [3.8, 4) is 5.75 Å². The molecular formula is C20H26N4O4S. The summed E-state index contributed by atoms with van der Waals surface area (Å²) in [6.07, 6.45) is 0. The van der Waals surface area contributed by atoms with Crippen LogP contribution in [0.4, 0.5) is 11.4 Å². The van der Waals surface area contributed by atoms with Gasteiger partial charge >= 0.3 is 0 Å². The molecule has 0 unspecified atom stereocenters. The number of sulfonamides is 1. The highest BCUT2D eigenvalue weighted by molar-refractivity contribution is 7.89. The number of carbonyl (C=O) groups is 1. The highest BCUT2D eigenvalue weighted by Gasteiger charge is 2.24. The van der Waals surface area contributed by atoms with E-state index < -0.39 is 10.0 Å². The molecule has 0 radical (unpaired) electrons. The molecule has 8 nitrogen and oxygen atoms in total. The van der Waals surface area contributed by atoms with Gasteiger partial charge in [0.15, 0.2) is 0 Å². The Morgan fingerprint density at radius 3 is 2.28 bits per heavy atom. The number of ether oxygens (including phenoxy) is 1. The summed E-state index contributed by atoms with van der Waals surface area (Å²) in [6, 6.07) is 11.7. The first-order valence-electron chi connectivity index (χ1n) is 9.30. The van der Waals surface area contributed by atoms with Crippen molar-refractivity contribution < 1.29 is 17.9 Å². The Hall–Kier alpha value is -2.62. The van der Waals surface area contributed by atoms with E-state index in [1.807, 2.05) is 11.9 Å². The van der Waals surface area contributed by atoms with E-state index >= 15 is 0 Å². The normalized spacial score (nSPS) is 15.2. The van der Waals surface area contributed by atoms with Crippen LogP contribution >= 0.6 is 0 Å². The van der Waals surface area contributed by atoms with Gasteiger partial charge in [-0.05, 0) is 56.6 Å². The van der Waals surface area contributed by atoms with Crippen LogP contribution in [0.15, 0.2) is 47.4 Å². The van der Waals surface area contributed by atoms with E-state index in [0.29, 0.717) is 17.1 Å². The third-order valence-corrected chi connectivity index (χ3v) is 6.42. The largest absolute Gasteiger partial charge is 0.497 e. The number of piperazine rings is 1. The lowest BCUT2D eigenvalue weighted by molar-refractivity contribution is 0.102. The summed E-state index contributed by atoms with van der Waals surface area (Å²) in [5.41, 5.74) is 1.47. The van der Waals surface area contributed by atoms with Crippen LogP contribution in [0.25, 0.3) is 0 Å². The van der Waals surface area contributed by atoms with Gasteiger partial charge in [0.05, 0.1) is 12.8 Å². The average Bonchev–Trinajstić information content (AvgIpc) is 2.74. The van der Waals surface area contributed by atoms with Crippen molar-refractivity contribution in [3.63, 3.8) is 0 Å². The van der Waals surface area contributed by atoms with Gasteiger partial charge in [0.25, 0.3) is 5.91 Å². The average molecular weight is 419 g/mol. The molecule has 9 heteroatoms. The molecular weight excluding hydrogens is 392 g/mol. The fourth-order valence-corrected chi connectivity index (χ4v) is 4.14. The quantitative estimate of drug-likeness (QED) is 0.741. The summed E-state index contributed by atoms with van der Waals surface area (Å²) < 4.78 is 32.7. The fourth-order valence-electron chi connectivity index (χ4n) is 3.17. The van der Waals surface area contributed by atoms with Crippen LogP contribution in [0.3, 0.4) is 0 Å². The highest BCUT2D eigenvalue weighted by Crippen LogP contribution is 2.28. The van der Waals surface area contributed by atoms with Crippen LogP contribution in [-0.4, -0.2) is 66.6 Å². The molecule has 0 aromatic heterocycles. The second kappa shape index (κ2) is 8.81. The van der Waals surface area contributed by atoms with Gasteiger partial charge in [-0.15, -0.1) is 0 Å². The molecule has 156 valence electrons. The van der Waals surface area contributed by atoms with Crippen molar-refractivity contribution in [3.05, 3.63) is 48.0 Å². The molecule has 1 aliphatic heterocycles. The van der Waals surface area contributed by atoms with E-state index in [2.05, 4.69) is 14.9 Å². The summed E-state index contributed by atoms with van der Waals surface area (Å²) in [4.78, 5) is 17.0. The Balaban J connectivity index is 1.89. The van der Waals surface area contributed by atoms with E-state index in [1.165, 1.54) is 13.1 Å². The third kappa shape index (κ3) is 4.87. The lowest BCUT2D eigenvalue weighted by atomic mass is 10.1. The predicted molar refractivity (Wildman–Crippen MR) is 113 cm³/mol. The number of hydrogen-bond acceptors (Lipinski definition) is 6. The summed E-state index contributed by atoms with van der Waals surface area (Å²) in [6.45, 7) is 3.14. The second-order valence-corrected chi connectivity index (χ2v) is 8.72. The minimum Gasteiger partial charge on any atom is -0.497 e. The highest BCUT2D eigenvalue weighted by atomic mass is 32.2. The molecule has 0 saturated carbocycles. The Morgan fingerprint density at radius 2 is 1.69 bits per heavy atom. The molecule has 2 aromatic carbocycles. The number of hydrogen-bond donors (Lipinski definition) is 2. The Morgan fingerprint density at radius 1 is 1.03 bits per heavy atom. The third-order valence-electron chi connectivity index (χ3n) is 4.97. The second-order valence-electron chi connectivity index (χ2n) is 6.86. The molecule has 1 heterocycles. The van der Waals surface area contributed by atoms with Crippen molar-refractivity contribution in [1.82, 2.24) is 9.62 Å². The minimum atomic E-state index is -3.73. The summed E-state index contributed by atoms with van der Waals surface area (Å²) >= 11 is 0. The number of carbonyl (C=O) groups excluding carboxylic acids is 1. The summed E-state index contributed by atoms with van der Waals surface area (Å²) in [5, 5.41) is 2.78. The first-order valence-corrected chi connectivity index (χ1v) is 10.8. The van der Waals surface area contributed by atoms with E-state index in [4.69, 9.17) is 4.74 Å². The molecule has 3 rings (SSSR count). The van der Waals surface area contributed by atoms with E-state index in [-0.39, 0.29) is 16.4 Å². The Bertz CT molecular complexity index is 968. The number of nitrogens with one attached hydrogen (secondary N) is 2. The molecule has 1 fully saturated rings.